The van der Waals surface area contributed by atoms with Gasteiger partial charge < -0.3 is 15.1 Å². The third kappa shape index (κ3) is 2.60. The van der Waals surface area contributed by atoms with Crippen LogP contribution in [0.15, 0.2) is 23.0 Å². The van der Waals surface area contributed by atoms with E-state index in [-0.39, 0.29) is 5.91 Å². The minimum absolute atomic E-state index is 0.0845. The van der Waals surface area contributed by atoms with Gasteiger partial charge in [0.15, 0.2) is 0 Å². The fraction of sp³-hybridized carbons (Fsp3) is 0.500. The second-order valence-corrected chi connectivity index (χ2v) is 4.01. The summed E-state index contributed by atoms with van der Waals surface area (Å²) in [5, 5.41) is 0. The highest BCUT2D eigenvalue weighted by atomic mass is 16.3. The average molecular weight is 196 g/mol. The van der Waals surface area contributed by atoms with Crippen LogP contribution in [0.4, 0.5) is 0 Å². The maximum atomic E-state index is 11.7. The summed E-state index contributed by atoms with van der Waals surface area (Å²) >= 11 is 0. The first-order valence-corrected chi connectivity index (χ1v) is 4.47. The number of likely N-dealkylation sites (N-methyl/N-ethyl adjacent to an activating group) is 1. The van der Waals surface area contributed by atoms with Crippen LogP contribution in [-0.4, -0.2) is 23.4 Å². The Hall–Kier alpha value is -1.29. The molecule has 1 rings (SSSR count). The zero-order valence-electron chi connectivity index (χ0n) is 8.78. The van der Waals surface area contributed by atoms with Gasteiger partial charge in [-0.3, -0.25) is 4.79 Å². The molecule has 1 aromatic rings. The Labute approximate surface area is 83.7 Å². The molecule has 0 spiro atoms. The van der Waals surface area contributed by atoms with E-state index in [2.05, 4.69) is 0 Å². The number of amides is 1. The fourth-order valence-electron chi connectivity index (χ4n) is 1.22. The third-order valence-corrected chi connectivity index (χ3v) is 1.90. The van der Waals surface area contributed by atoms with Gasteiger partial charge in [0.25, 0.3) is 0 Å². The van der Waals surface area contributed by atoms with E-state index in [1.807, 2.05) is 6.07 Å². The maximum Gasteiger partial charge on any atom is 0.242 e. The highest BCUT2D eigenvalue weighted by Gasteiger charge is 2.25. The lowest BCUT2D eigenvalue weighted by molar-refractivity contribution is -0.134. The van der Waals surface area contributed by atoms with Gasteiger partial charge in [-0.05, 0) is 19.9 Å². The van der Waals surface area contributed by atoms with E-state index in [0.29, 0.717) is 6.54 Å². The molecule has 0 fully saturated rings. The molecule has 1 aromatic heterocycles. The Morgan fingerprint density at radius 1 is 1.64 bits per heavy atom. The number of hydrogen-bond donors (Lipinski definition) is 1. The molecule has 4 nitrogen and oxygen atoms in total. The van der Waals surface area contributed by atoms with Gasteiger partial charge in [-0.2, -0.15) is 0 Å². The molecule has 0 saturated heterocycles. The second kappa shape index (κ2) is 3.84. The largest absolute Gasteiger partial charge is 0.472 e. The number of nitrogens with two attached hydrogens (primary N) is 1. The minimum Gasteiger partial charge on any atom is -0.472 e. The predicted octanol–water partition coefficient (Wildman–Crippen LogP) is 0.975. The Kier molecular flexibility index (Phi) is 2.96. The molecule has 0 radical (unpaired) electrons. The van der Waals surface area contributed by atoms with Crippen molar-refractivity contribution in [2.24, 2.45) is 5.73 Å². The lowest BCUT2D eigenvalue weighted by Crippen LogP contribution is -2.49. The van der Waals surface area contributed by atoms with Crippen molar-refractivity contribution in [3.63, 3.8) is 0 Å². The molecule has 4 heteroatoms. The van der Waals surface area contributed by atoms with Gasteiger partial charge in [0.1, 0.15) is 0 Å². The first-order valence-electron chi connectivity index (χ1n) is 4.47. The summed E-state index contributed by atoms with van der Waals surface area (Å²) in [5.41, 5.74) is 5.84. The van der Waals surface area contributed by atoms with Gasteiger partial charge in [0.2, 0.25) is 5.91 Å². The van der Waals surface area contributed by atoms with Gasteiger partial charge in [-0.25, -0.2) is 0 Å². The zero-order valence-corrected chi connectivity index (χ0v) is 8.78. The highest BCUT2D eigenvalue weighted by molar-refractivity contribution is 5.84. The summed E-state index contributed by atoms with van der Waals surface area (Å²) in [6.45, 7) is 3.92. The zero-order chi connectivity index (χ0) is 10.8. The summed E-state index contributed by atoms with van der Waals surface area (Å²) in [5.74, 6) is -0.0845. The van der Waals surface area contributed by atoms with Crippen molar-refractivity contribution in [1.29, 1.82) is 0 Å². The van der Waals surface area contributed by atoms with E-state index in [4.69, 9.17) is 10.2 Å². The lowest BCUT2D eigenvalue weighted by Gasteiger charge is -2.25. The summed E-state index contributed by atoms with van der Waals surface area (Å²) in [7, 11) is 1.73. The number of nitrogens with zero attached hydrogens (tertiary/aromatic N) is 1. The van der Waals surface area contributed by atoms with Crippen LogP contribution in [0.1, 0.15) is 19.4 Å². The van der Waals surface area contributed by atoms with E-state index in [1.165, 1.54) is 0 Å². The topological polar surface area (TPSA) is 59.5 Å². The first kappa shape index (κ1) is 10.8. The van der Waals surface area contributed by atoms with Crippen LogP contribution in [0.2, 0.25) is 0 Å². The predicted molar refractivity (Wildman–Crippen MR) is 53.4 cm³/mol. The number of hydrogen-bond acceptors (Lipinski definition) is 3. The summed E-state index contributed by atoms with van der Waals surface area (Å²) in [6.07, 6.45) is 3.20. The quantitative estimate of drug-likeness (QED) is 0.783. The number of carbonyl (C=O) groups excluding carboxylic acids is 1. The Bertz CT molecular complexity index is 298. The smallest absolute Gasteiger partial charge is 0.242 e. The van der Waals surface area contributed by atoms with Gasteiger partial charge in [0.05, 0.1) is 18.1 Å². The van der Waals surface area contributed by atoms with Gasteiger partial charge in [-0.1, -0.05) is 0 Å². The van der Waals surface area contributed by atoms with Crippen molar-refractivity contribution >= 4 is 5.91 Å². The van der Waals surface area contributed by atoms with Crippen LogP contribution in [-0.2, 0) is 11.3 Å². The van der Waals surface area contributed by atoms with Crippen LogP contribution in [0, 0.1) is 0 Å². The highest BCUT2D eigenvalue weighted by Crippen LogP contribution is 2.08. The third-order valence-electron chi connectivity index (χ3n) is 1.90. The summed E-state index contributed by atoms with van der Waals surface area (Å²) in [4.78, 5) is 13.2. The van der Waals surface area contributed by atoms with Crippen LogP contribution < -0.4 is 5.73 Å². The maximum absolute atomic E-state index is 11.7. The SMILES string of the molecule is CN(Cc1ccoc1)C(=O)C(C)(C)N. The van der Waals surface area contributed by atoms with Crippen LogP contribution in [0.25, 0.3) is 0 Å². The molecule has 0 aliphatic heterocycles. The van der Waals surface area contributed by atoms with Gasteiger partial charge in [-0.15, -0.1) is 0 Å². The Balaban J connectivity index is 2.59. The van der Waals surface area contributed by atoms with Crippen LogP contribution >= 0.6 is 0 Å². The van der Waals surface area contributed by atoms with Gasteiger partial charge in [0, 0.05) is 19.2 Å². The molecule has 0 aliphatic rings. The minimum atomic E-state index is -0.821. The van der Waals surface area contributed by atoms with Crippen LogP contribution in [0.5, 0.6) is 0 Å². The molecule has 1 heterocycles. The van der Waals surface area contributed by atoms with Crippen molar-refractivity contribution < 1.29 is 9.21 Å². The molecule has 2 N–H and O–H groups in total. The standard InChI is InChI=1S/C10H16N2O2/c1-10(2,11)9(13)12(3)6-8-4-5-14-7-8/h4-5,7H,6,11H2,1-3H3. The van der Waals surface area contributed by atoms with Crippen molar-refractivity contribution in [2.45, 2.75) is 25.9 Å². The molecule has 78 valence electrons. The number of carbonyl (C=O) groups is 1. The molecule has 14 heavy (non-hydrogen) atoms. The molecule has 1 amide bonds. The number of rotatable bonds is 3. The molecule has 0 saturated carbocycles. The van der Waals surface area contributed by atoms with E-state index in [9.17, 15) is 4.79 Å². The molecule has 0 aromatic carbocycles. The Morgan fingerprint density at radius 3 is 2.71 bits per heavy atom. The summed E-state index contributed by atoms with van der Waals surface area (Å²) < 4.78 is 4.91. The molecule has 0 atom stereocenters. The van der Waals surface area contributed by atoms with Crippen molar-refractivity contribution in [3.05, 3.63) is 24.2 Å². The summed E-state index contributed by atoms with van der Waals surface area (Å²) in [6, 6.07) is 1.83. The van der Waals surface area contributed by atoms with E-state index in [1.54, 1.807) is 38.3 Å². The molecule has 0 unspecified atom stereocenters. The number of furan rings is 1. The first-order chi connectivity index (χ1) is 6.41. The van der Waals surface area contributed by atoms with Crippen molar-refractivity contribution in [2.75, 3.05) is 7.05 Å². The molecular weight excluding hydrogens is 180 g/mol. The normalized spacial score (nSPS) is 11.4. The molecule has 0 aliphatic carbocycles. The van der Waals surface area contributed by atoms with E-state index >= 15 is 0 Å². The van der Waals surface area contributed by atoms with E-state index < -0.39 is 5.54 Å². The van der Waals surface area contributed by atoms with Gasteiger partial charge >= 0.3 is 0 Å². The Morgan fingerprint density at radius 2 is 2.29 bits per heavy atom. The molecule has 0 bridgehead atoms. The average Bonchev–Trinajstić information content (AvgIpc) is 2.53. The molecular formula is C10H16N2O2. The fourth-order valence-corrected chi connectivity index (χ4v) is 1.22. The monoisotopic (exact) mass is 196 g/mol. The van der Waals surface area contributed by atoms with Crippen LogP contribution in [0.3, 0.4) is 0 Å². The van der Waals surface area contributed by atoms with Crippen molar-refractivity contribution in [3.8, 4) is 0 Å². The lowest BCUT2D eigenvalue weighted by atomic mass is 10.1. The van der Waals surface area contributed by atoms with E-state index in [0.717, 1.165) is 5.56 Å². The van der Waals surface area contributed by atoms with Crippen molar-refractivity contribution in [1.82, 2.24) is 4.90 Å². The second-order valence-electron chi connectivity index (χ2n) is 4.01.